The Morgan fingerprint density at radius 1 is 1.05 bits per heavy atom. The Morgan fingerprint density at radius 3 is 2.14 bits per heavy atom. The van der Waals surface area contributed by atoms with Gasteiger partial charge in [0.25, 0.3) is 0 Å². The summed E-state index contributed by atoms with van der Waals surface area (Å²) in [5, 5.41) is 0. The summed E-state index contributed by atoms with van der Waals surface area (Å²) in [5.41, 5.74) is 7.31. The van der Waals surface area contributed by atoms with Crippen LogP contribution in [0.4, 0.5) is 0 Å². The van der Waals surface area contributed by atoms with E-state index in [1.807, 2.05) is 0 Å². The third-order valence-electron chi connectivity index (χ3n) is 7.18. The summed E-state index contributed by atoms with van der Waals surface area (Å²) in [5.74, 6) is 1.56. The molecule has 124 valence electrons. The van der Waals surface area contributed by atoms with E-state index in [1.54, 1.807) is 0 Å². The maximum atomic E-state index is 6.39. The van der Waals surface area contributed by atoms with Gasteiger partial charge in [-0.2, -0.15) is 0 Å². The molecule has 2 fully saturated rings. The van der Waals surface area contributed by atoms with Gasteiger partial charge in [-0.15, -0.1) is 0 Å². The summed E-state index contributed by atoms with van der Waals surface area (Å²) in [6.45, 7) is 13.0. The fraction of sp³-hybridized carbons (Fsp3) is 1.00. The molecule has 2 atom stereocenters. The molecule has 0 radical (unpaired) electrons. The Hall–Kier alpha value is -0.0800. The van der Waals surface area contributed by atoms with E-state index in [4.69, 9.17) is 5.73 Å². The first-order chi connectivity index (χ1) is 10.0. The van der Waals surface area contributed by atoms with Gasteiger partial charge in [-0.3, -0.25) is 4.90 Å². The normalized spacial score (nSPS) is 34.3. The highest BCUT2D eigenvalue weighted by atomic mass is 15.2. The molecule has 1 saturated heterocycles. The van der Waals surface area contributed by atoms with Gasteiger partial charge in [-0.05, 0) is 56.0 Å². The lowest BCUT2D eigenvalue weighted by molar-refractivity contribution is -0.0497. The minimum absolute atomic E-state index is 0.306. The molecule has 1 aliphatic carbocycles. The van der Waals surface area contributed by atoms with Gasteiger partial charge in [-0.25, -0.2) is 0 Å². The van der Waals surface area contributed by atoms with Gasteiger partial charge in [0.15, 0.2) is 0 Å². The van der Waals surface area contributed by atoms with Gasteiger partial charge in [-0.1, -0.05) is 53.4 Å². The number of likely N-dealkylation sites (tertiary alicyclic amines) is 1. The Balaban J connectivity index is 2.14. The summed E-state index contributed by atoms with van der Waals surface area (Å²) < 4.78 is 0. The second-order valence-electron chi connectivity index (χ2n) is 8.10. The van der Waals surface area contributed by atoms with E-state index in [1.165, 1.54) is 64.5 Å². The monoisotopic (exact) mass is 294 g/mol. The second-order valence-corrected chi connectivity index (χ2v) is 8.10. The molecular weight excluding hydrogens is 256 g/mol. The number of rotatable bonds is 5. The average molecular weight is 295 g/mol. The molecular formula is C19H38N2. The third-order valence-corrected chi connectivity index (χ3v) is 7.18. The zero-order chi connectivity index (χ0) is 15.5. The number of nitrogens with zero attached hydrogens (tertiary/aromatic N) is 1. The minimum Gasteiger partial charge on any atom is -0.329 e. The largest absolute Gasteiger partial charge is 0.329 e. The summed E-state index contributed by atoms with van der Waals surface area (Å²) in [4.78, 5) is 2.82. The molecule has 2 nitrogen and oxygen atoms in total. The maximum Gasteiger partial charge on any atom is 0.0362 e. The molecule has 0 aromatic carbocycles. The van der Waals surface area contributed by atoms with Gasteiger partial charge in [0.1, 0.15) is 0 Å². The highest BCUT2D eigenvalue weighted by molar-refractivity contribution is 5.03. The molecule has 0 spiro atoms. The van der Waals surface area contributed by atoms with Gasteiger partial charge >= 0.3 is 0 Å². The van der Waals surface area contributed by atoms with Crippen molar-refractivity contribution in [2.24, 2.45) is 23.0 Å². The van der Waals surface area contributed by atoms with Crippen LogP contribution in [0.3, 0.4) is 0 Å². The third kappa shape index (κ3) is 3.17. The van der Waals surface area contributed by atoms with Crippen molar-refractivity contribution in [1.82, 2.24) is 4.90 Å². The highest BCUT2D eigenvalue weighted by Crippen LogP contribution is 2.46. The van der Waals surface area contributed by atoms with Gasteiger partial charge in [0.2, 0.25) is 0 Å². The molecule has 1 heterocycles. The van der Waals surface area contributed by atoms with Crippen LogP contribution < -0.4 is 5.73 Å². The number of nitrogens with two attached hydrogens (primary N) is 1. The fourth-order valence-corrected chi connectivity index (χ4v) is 5.36. The van der Waals surface area contributed by atoms with Crippen LogP contribution in [0.15, 0.2) is 0 Å². The van der Waals surface area contributed by atoms with Crippen molar-refractivity contribution in [3.63, 3.8) is 0 Å². The van der Waals surface area contributed by atoms with Crippen LogP contribution in [0.1, 0.15) is 79.1 Å². The smallest absolute Gasteiger partial charge is 0.0362 e. The molecule has 2 rings (SSSR count). The van der Waals surface area contributed by atoms with Crippen molar-refractivity contribution in [2.75, 3.05) is 19.6 Å². The molecule has 0 bridgehead atoms. The second kappa shape index (κ2) is 7.00. The van der Waals surface area contributed by atoms with E-state index in [0.29, 0.717) is 11.0 Å². The van der Waals surface area contributed by atoms with Gasteiger partial charge in [0.05, 0.1) is 0 Å². The topological polar surface area (TPSA) is 29.3 Å². The fourth-order valence-electron chi connectivity index (χ4n) is 5.36. The van der Waals surface area contributed by atoms with Crippen LogP contribution >= 0.6 is 0 Å². The van der Waals surface area contributed by atoms with E-state index in [-0.39, 0.29) is 0 Å². The first kappa shape index (κ1) is 17.3. The molecule has 2 N–H and O–H groups in total. The summed E-state index contributed by atoms with van der Waals surface area (Å²) in [6, 6.07) is 0. The maximum absolute atomic E-state index is 6.39. The van der Waals surface area contributed by atoms with Crippen LogP contribution in [0.25, 0.3) is 0 Å². The van der Waals surface area contributed by atoms with Crippen LogP contribution in [0.2, 0.25) is 0 Å². The lowest BCUT2D eigenvalue weighted by atomic mass is 9.65. The zero-order valence-electron chi connectivity index (χ0n) is 15.0. The van der Waals surface area contributed by atoms with E-state index >= 15 is 0 Å². The SMILES string of the molecule is CCC1(CC)CCN(C2(CN)CCCCC2C(C)C)CC1. The zero-order valence-corrected chi connectivity index (χ0v) is 15.0. The Morgan fingerprint density at radius 2 is 1.67 bits per heavy atom. The quantitative estimate of drug-likeness (QED) is 0.812. The molecule has 2 aliphatic rings. The summed E-state index contributed by atoms with van der Waals surface area (Å²) in [7, 11) is 0. The Kier molecular flexibility index (Phi) is 5.76. The Labute approximate surface area is 132 Å². The first-order valence-corrected chi connectivity index (χ1v) is 9.48. The van der Waals surface area contributed by atoms with Gasteiger partial charge < -0.3 is 5.73 Å². The molecule has 0 amide bonds. The summed E-state index contributed by atoms with van der Waals surface area (Å²) in [6.07, 6.45) is 11.0. The van der Waals surface area contributed by atoms with Crippen molar-refractivity contribution in [2.45, 2.75) is 84.6 Å². The molecule has 0 aromatic rings. The van der Waals surface area contributed by atoms with Crippen molar-refractivity contribution in [3.05, 3.63) is 0 Å². The van der Waals surface area contributed by atoms with Crippen LogP contribution in [0.5, 0.6) is 0 Å². The lowest BCUT2D eigenvalue weighted by Gasteiger charge is -2.56. The number of hydrogen-bond donors (Lipinski definition) is 1. The number of hydrogen-bond acceptors (Lipinski definition) is 2. The lowest BCUT2D eigenvalue weighted by Crippen LogP contribution is -2.63. The van der Waals surface area contributed by atoms with Crippen LogP contribution in [0, 0.1) is 17.3 Å². The molecule has 21 heavy (non-hydrogen) atoms. The highest BCUT2D eigenvalue weighted by Gasteiger charge is 2.47. The molecule has 0 aromatic heterocycles. The molecule has 1 saturated carbocycles. The minimum atomic E-state index is 0.306. The average Bonchev–Trinajstić information content (AvgIpc) is 2.54. The predicted octanol–water partition coefficient (Wildman–Crippen LogP) is 4.43. The summed E-state index contributed by atoms with van der Waals surface area (Å²) >= 11 is 0. The first-order valence-electron chi connectivity index (χ1n) is 9.48. The standard InChI is InChI=1S/C19H38N2/c1-5-18(6-2)11-13-21(14-12-18)19(15-20)10-8-7-9-17(19)16(3)4/h16-17H,5-15,20H2,1-4H3. The van der Waals surface area contributed by atoms with E-state index in [0.717, 1.165) is 18.4 Å². The van der Waals surface area contributed by atoms with Gasteiger partial charge in [0, 0.05) is 12.1 Å². The van der Waals surface area contributed by atoms with Crippen LogP contribution in [-0.2, 0) is 0 Å². The number of piperidine rings is 1. The van der Waals surface area contributed by atoms with Crippen LogP contribution in [-0.4, -0.2) is 30.1 Å². The van der Waals surface area contributed by atoms with E-state index < -0.39 is 0 Å². The van der Waals surface area contributed by atoms with Crippen molar-refractivity contribution in [1.29, 1.82) is 0 Å². The van der Waals surface area contributed by atoms with Crippen molar-refractivity contribution >= 4 is 0 Å². The van der Waals surface area contributed by atoms with E-state index in [9.17, 15) is 0 Å². The molecule has 2 heteroatoms. The molecule has 1 aliphatic heterocycles. The van der Waals surface area contributed by atoms with Crippen molar-refractivity contribution in [3.8, 4) is 0 Å². The molecule has 2 unspecified atom stereocenters. The Bertz CT molecular complexity index is 312. The predicted molar refractivity (Wildman–Crippen MR) is 92.4 cm³/mol. The van der Waals surface area contributed by atoms with Crippen molar-refractivity contribution < 1.29 is 0 Å². The van der Waals surface area contributed by atoms with E-state index in [2.05, 4.69) is 32.6 Å².